The zero-order valence-corrected chi connectivity index (χ0v) is 12.3. The quantitative estimate of drug-likeness (QED) is 0.561. The molecule has 1 fully saturated rings. The fourth-order valence-electron chi connectivity index (χ4n) is 2.14. The Morgan fingerprint density at radius 2 is 2.00 bits per heavy atom. The highest BCUT2D eigenvalue weighted by Gasteiger charge is 2.36. The van der Waals surface area contributed by atoms with Crippen LogP contribution in [-0.4, -0.2) is 29.2 Å². The van der Waals surface area contributed by atoms with Gasteiger partial charge in [0.1, 0.15) is 0 Å². The molecular formula is C13H24BrNO. The highest BCUT2D eigenvalue weighted by Crippen LogP contribution is 2.34. The number of hydrogen-bond donors (Lipinski definition) is 0. The molecule has 16 heavy (non-hydrogen) atoms. The smallest absolute Gasteiger partial charge is 0.222 e. The predicted molar refractivity (Wildman–Crippen MR) is 71.8 cm³/mol. The molecule has 94 valence electrons. The summed E-state index contributed by atoms with van der Waals surface area (Å²) in [6.45, 7) is 8.63. The standard InChI is InChI=1S/C13H24BrNO/c1-13(2,3)11-9-12(16)15(10-11)8-6-4-5-7-14/h11H,4-10H2,1-3H3. The maximum Gasteiger partial charge on any atom is 0.222 e. The van der Waals surface area contributed by atoms with Gasteiger partial charge in [0.15, 0.2) is 0 Å². The van der Waals surface area contributed by atoms with Gasteiger partial charge in [0, 0.05) is 24.8 Å². The minimum atomic E-state index is 0.264. The van der Waals surface area contributed by atoms with E-state index in [9.17, 15) is 4.79 Å². The number of rotatable bonds is 5. The van der Waals surface area contributed by atoms with Gasteiger partial charge in [-0.1, -0.05) is 43.1 Å². The van der Waals surface area contributed by atoms with Gasteiger partial charge in [-0.15, -0.1) is 0 Å². The molecule has 0 spiro atoms. The van der Waals surface area contributed by atoms with E-state index in [1.54, 1.807) is 0 Å². The van der Waals surface area contributed by atoms with Gasteiger partial charge in [-0.05, 0) is 24.2 Å². The molecule has 1 unspecified atom stereocenters. The third kappa shape index (κ3) is 4.08. The molecule has 0 radical (unpaired) electrons. The third-order valence-corrected chi connectivity index (χ3v) is 4.06. The summed E-state index contributed by atoms with van der Waals surface area (Å²) < 4.78 is 0. The largest absolute Gasteiger partial charge is 0.342 e. The molecule has 1 atom stereocenters. The molecule has 1 aliphatic rings. The molecular weight excluding hydrogens is 266 g/mol. The molecule has 1 heterocycles. The Balaban J connectivity index is 2.31. The Hall–Kier alpha value is -0.0500. The second kappa shape index (κ2) is 6.04. The first-order valence-corrected chi connectivity index (χ1v) is 7.41. The lowest BCUT2D eigenvalue weighted by atomic mass is 9.80. The van der Waals surface area contributed by atoms with E-state index >= 15 is 0 Å². The normalized spacial score (nSPS) is 21.9. The zero-order chi connectivity index (χ0) is 12.2. The van der Waals surface area contributed by atoms with Gasteiger partial charge in [0.2, 0.25) is 5.91 Å². The first-order chi connectivity index (χ1) is 7.45. The monoisotopic (exact) mass is 289 g/mol. The average molecular weight is 290 g/mol. The summed E-state index contributed by atoms with van der Waals surface area (Å²) in [5.41, 5.74) is 0.264. The van der Waals surface area contributed by atoms with Crippen LogP contribution < -0.4 is 0 Å². The first-order valence-electron chi connectivity index (χ1n) is 6.29. The third-order valence-electron chi connectivity index (χ3n) is 3.50. The average Bonchev–Trinajstić information content (AvgIpc) is 2.55. The number of hydrogen-bond acceptors (Lipinski definition) is 1. The van der Waals surface area contributed by atoms with Gasteiger partial charge in [-0.2, -0.15) is 0 Å². The number of carbonyl (C=O) groups excluding carboxylic acids is 1. The number of nitrogens with zero attached hydrogens (tertiary/aromatic N) is 1. The molecule has 1 aliphatic heterocycles. The van der Waals surface area contributed by atoms with E-state index in [0.29, 0.717) is 11.8 Å². The molecule has 2 nitrogen and oxygen atoms in total. The molecule has 0 N–H and O–H groups in total. The van der Waals surface area contributed by atoms with Gasteiger partial charge in [-0.3, -0.25) is 4.79 Å². The van der Waals surface area contributed by atoms with Crippen LogP contribution >= 0.6 is 15.9 Å². The van der Waals surface area contributed by atoms with Crippen molar-refractivity contribution < 1.29 is 4.79 Å². The summed E-state index contributed by atoms with van der Waals surface area (Å²) in [6, 6.07) is 0. The molecule has 0 aromatic rings. The molecule has 3 heteroatoms. The van der Waals surface area contributed by atoms with Gasteiger partial charge in [-0.25, -0.2) is 0 Å². The Bertz CT molecular complexity index is 235. The van der Waals surface area contributed by atoms with Gasteiger partial charge in [0.05, 0.1) is 0 Å². The van der Waals surface area contributed by atoms with Crippen molar-refractivity contribution in [3.05, 3.63) is 0 Å². The van der Waals surface area contributed by atoms with E-state index in [-0.39, 0.29) is 5.41 Å². The Kier molecular flexibility index (Phi) is 5.29. The van der Waals surface area contributed by atoms with Crippen LogP contribution in [0.5, 0.6) is 0 Å². The summed E-state index contributed by atoms with van der Waals surface area (Å²) >= 11 is 3.43. The van der Waals surface area contributed by atoms with Crippen molar-refractivity contribution in [2.75, 3.05) is 18.4 Å². The lowest BCUT2D eigenvalue weighted by Gasteiger charge is -2.26. The Labute approximate surface area is 108 Å². The van der Waals surface area contributed by atoms with Crippen LogP contribution in [0.1, 0.15) is 46.5 Å². The number of likely N-dealkylation sites (tertiary alicyclic amines) is 1. The van der Waals surface area contributed by atoms with Crippen LogP contribution in [0.2, 0.25) is 0 Å². The summed E-state index contributed by atoms with van der Waals surface area (Å²) in [7, 11) is 0. The maximum atomic E-state index is 11.8. The van der Waals surface area contributed by atoms with Crippen molar-refractivity contribution >= 4 is 21.8 Å². The van der Waals surface area contributed by atoms with E-state index in [0.717, 1.165) is 31.3 Å². The highest BCUT2D eigenvalue weighted by atomic mass is 79.9. The summed E-state index contributed by atoms with van der Waals surface area (Å²) in [5, 5.41) is 1.07. The minimum absolute atomic E-state index is 0.264. The van der Waals surface area contributed by atoms with Crippen LogP contribution in [0.4, 0.5) is 0 Å². The van der Waals surface area contributed by atoms with Gasteiger partial charge < -0.3 is 4.90 Å². The summed E-state index contributed by atoms with van der Waals surface area (Å²) in [5.74, 6) is 0.898. The predicted octanol–water partition coefficient (Wildman–Crippen LogP) is 3.45. The number of amides is 1. The number of unbranched alkanes of at least 4 members (excludes halogenated alkanes) is 2. The molecule has 1 saturated heterocycles. The molecule has 0 saturated carbocycles. The van der Waals surface area contributed by atoms with Crippen molar-refractivity contribution in [2.24, 2.45) is 11.3 Å². The minimum Gasteiger partial charge on any atom is -0.342 e. The molecule has 0 aromatic heterocycles. The van der Waals surface area contributed by atoms with Crippen LogP contribution in [0, 0.1) is 11.3 Å². The maximum absolute atomic E-state index is 11.8. The van der Waals surface area contributed by atoms with E-state index in [4.69, 9.17) is 0 Å². The van der Waals surface area contributed by atoms with Crippen LogP contribution in [0.25, 0.3) is 0 Å². The van der Waals surface area contributed by atoms with Crippen LogP contribution in [0.15, 0.2) is 0 Å². The fraction of sp³-hybridized carbons (Fsp3) is 0.923. The highest BCUT2D eigenvalue weighted by molar-refractivity contribution is 9.09. The lowest BCUT2D eigenvalue weighted by Crippen LogP contribution is -2.28. The topological polar surface area (TPSA) is 20.3 Å². The molecule has 1 rings (SSSR count). The van der Waals surface area contributed by atoms with Crippen molar-refractivity contribution in [2.45, 2.75) is 46.5 Å². The Morgan fingerprint density at radius 1 is 1.31 bits per heavy atom. The number of alkyl halides is 1. The molecule has 0 aromatic carbocycles. The van der Waals surface area contributed by atoms with E-state index in [1.165, 1.54) is 12.8 Å². The van der Waals surface area contributed by atoms with Crippen LogP contribution in [0.3, 0.4) is 0 Å². The van der Waals surface area contributed by atoms with E-state index < -0.39 is 0 Å². The number of halogens is 1. The summed E-state index contributed by atoms with van der Waals surface area (Å²) in [4.78, 5) is 13.9. The van der Waals surface area contributed by atoms with E-state index in [1.807, 2.05) is 0 Å². The van der Waals surface area contributed by atoms with Crippen molar-refractivity contribution in [3.63, 3.8) is 0 Å². The van der Waals surface area contributed by atoms with Crippen molar-refractivity contribution in [3.8, 4) is 0 Å². The van der Waals surface area contributed by atoms with Crippen molar-refractivity contribution in [1.82, 2.24) is 4.90 Å². The number of carbonyl (C=O) groups is 1. The second-order valence-corrected chi connectivity index (χ2v) is 6.65. The zero-order valence-electron chi connectivity index (χ0n) is 10.8. The van der Waals surface area contributed by atoms with E-state index in [2.05, 4.69) is 41.6 Å². The molecule has 1 amide bonds. The lowest BCUT2D eigenvalue weighted by molar-refractivity contribution is -0.127. The van der Waals surface area contributed by atoms with Gasteiger partial charge >= 0.3 is 0 Å². The molecule has 0 bridgehead atoms. The molecule has 0 aliphatic carbocycles. The first kappa shape index (κ1) is 14.0. The summed E-state index contributed by atoms with van der Waals surface area (Å²) in [6.07, 6.45) is 4.33. The fourth-order valence-corrected chi connectivity index (χ4v) is 2.54. The SMILES string of the molecule is CC(C)(C)C1CC(=O)N(CCCCCBr)C1. The van der Waals surface area contributed by atoms with Crippen LogP contribution in [-0.2, 0) is 4.79 Å². The van der Waals surface area contributed by atoms with Crippen molar-refractivity contribution in [1.29, 1.82) is 0 Å². The Morgan fingerprint density at radius 3 is 2.50 bits per heavy atom. The van der Waals surface area contributed by atoms with Gasteiger partial charge in [0.25, 0.3) is 0 Å². The second-order valence-electron chi connectivity index (χ2n) is 5.86.